The second kappa shape index (κ2) is 3.81. The summed E-state index contributed by atoms with van der Waals surface area (Å²) >= 11 is 0. The summed E-state index contributed by atoms with van der Waals surface area (Å²) < 4.78 is 0. The van der Waals surface area contributed by atoms with E-state index in [1.807, 2.05) is 6.07 Å². The summed E-state index contributed by atoms with van der Waals surface area (Å²) in [7, 11) is 0. The second-order valence-electron chi connectivity index (χ2n) is 3.71. The van der Waals surface area contributed by atoms with Gasteiger partial charge in [0.05, 0.1) is 0 Å². The Morgan fingerprint density at radius 1 is 1.38 bits per heavy atom. The van der Waals surface area contributed by atoms with E-state index in [0.29, 0.717) is 18.7 Å². The number of hydrogen-bond acceptors (Lipinski definition) is 2. The number of rotatable bonds is 2. The molecule has 1 aromatic rings. The van der Waals surface area contributed by atoms with Gasteiger partial charge in [-0.3, -0.25) is 9.59 Å². The van der Waals surface area contributed by atoms with Gasteiger partial charge in [0.2, 0.25) is 11.8 Å². The first-order chi connectivity index (χ1) is 7.63. The maximum absolute atomic E-state index is 11.5. The van der Waals surface area contributed by atoms with Crippen molar-refractivity contribution in [2.75, 3.05) is 0 Å². The highest BCUT2D eigenvalue weighted by atomic mass is 16.2. The first-order valence-electron chi connectivity index (χ1n) is 4.95. The van der Waals surface area contributed by atoms with E-state index < -0.39 is 5.91 Å². The average Bonchev–Trinajstić information content (AvgIpc) is 2.70. The van der Waals surface area contributed by atoms with Crippen LogP contribution >= 0.6 is 0 Å². The fourth-order valence-corrected chi connectivity index (χ4v) is 1.94. The molecule has 1 heterocycles. The second-order valence-corrected chi connectivity index (χ2v) is 3.71. The fourth-order valence-electron chi connectivity index (χ4n) is 1.94. The van der Waals surface area contributed by atoms with Crippen LogP contribution in [0.4, 0.5) is 0 Å². The first-order valence-corrected chi connectivity index (χ1v) is 4.95. The summed E-state index contributed by atoms with van der Waals surface area (Å²) in [6.45, 7) is 4.39. The Morgan fingerprint density at radius 2 is 2.12 bits per heavy atom. The fraction of sp³-hybridized carbons (Fsp3) is 0.167. The maximum atomic E-state index is 11.5. The molecular weight excluding hydrogens is 204 g/mol. The standard InChI is InChI=1S/C12H12N2O2/c1-2-11(15)14-6-8-4-3-5-9(12(13)16)10(8)7-14/h2-5H,1,6-7H2,(H2,13,16). The van der Waals surface area contributed by atoms with E-state index >= 15 is 0 Å². The molecule has 0 radical (unpaired) electrons. The van der Waals surface area contributed by atoms with Gasteiger partial charge in [0.1, 0.15) is 0 Å². The van der Waals surface area contributed by atoms with Crippen molar-refractivity contribution in [2.24, 2.45) is 5.73 Å². The number of nitrogens with two attached hydrogens (primary N) is 1. The van der Waals surface area contributed by atoms with E-state index in [9.17, 15) is 9.59 Å². The van der Waals surface area contributed by atoms with Crippen molar-refractivity contribution < 1.29 is 9.59 Å². The molecule has 4 heteroatoms. The lowest BCUT2D eigenvalue weighted by molar-refractivity contribution is -0.126. The van der Waals surface area contributed by atoms with E-state index in [0.717, 1.165) is 11.1 Å². The van der Waals surface area contributed by atoms with Crippen LogP contribution in [-0.4, -0.2) is 16.7 Å². The van der Waals surface area contributed by atoms with E-state index in [-0.39, 0.29) is 5.91 Å². The monoisotopic (exact) mass is 216 g/mol. The number of nitrogens with zero attached hydrogens (tertiary/aromatic N) is 1. The quantitative estimate of drug-likeness (QED) is 0.744. The molecule has 2 rings (SSSR count). The van der Waals surface area contributed by atoms with Gasteiger partial charge in [-0.05, 0) is 23.3 Å². The van der Waals surface area contributed by atoms with E-state index in [1.54, 1.807) is 17.0 Å². The molecule has 1 aliphatic rings. The summed E-state index contributed by atoms with van der Waals surface area (Å²) in [6.07, 6.45) is 1.27. The zero-order chi connectivity index (χ0) is 11.7. The van der Waals surface area contributed by atoms with Gasteiger partial charge in [-0.15, -0.1) is 0 Å². The van der Waals surface area contributed by atoms with Crippen LogP contribution in [0.3, 0.4) is 0 Å². The third-order valence-corrected chi connectivity index (χ3v) is 2.73. The smallest absolute Gasteiger partial charge is 0.249 e. The minimum atomic E-state index is -0.454. The molecule has 0 saturated heterocycles. The highest BCUT2D eigenvalue weighted by molar-refractivity contribution is 5.95. The van der Waals surface area contributed by atoms with Crippen molar-refractivity contribution in [3.8, 4) is 0 Å². The predicted octanol–water partition coefficient (Wildman–Crippen LogP) is 0.814. The van der Waals surface area contributed by atoms with E-state index in [2.05, 4.69) is 6.58 Å². The molecule has 0 atom stereocenters. The molecule has 4 nitrogen and oxygen atoms in total. The molecule has 1 aromatic carbocycles. The molecule has 1 aliphatic heterocycles. The molecular formula is C12H12N2O2. The Hall–Kier alpha value is -2.10. The maximum Gasteiger partial charge on any atom is 0.249 e. The lowest BCUT2D eigenvalue weighted by Crippen LogP contribution is -2.23. The number of carbonyl (C=O) groups excluding carboxylic acids is 2. The Kier molecular flexibility index (Phi) is 2.48. The minimum absolute atomic E-state index is 0.133. The van der Waals surface area contributed by atoms with Gasteiger partial charge in [-0.1, -0.05) is 18.7 Å². The number of benzene rings is 1. The number of hydrogen-bond donors (Lipinski definition) is 1. The highest BCUT2D eigenvalue weighted by Gasteiger charge is 2.25. The van der Waals surface area contributed by atoms with E-state index in [4.69, 9.17) is 5.73 Å². The van der Waals surface area contributed by atoms with Crippen LogP contribution in [0.15, 0.2) is 30.9 Å². The van der Waals surface area contributed by atoms with Gasteiger partial charge in [0.25, 0.3) is 0 Å². The van der Waals surface area contributed by atoms with Crippen LogP contribution in [0.5, 0.6) is 0 Å². The molecule has 0 aliphatic carbocycles. The largest absolute Gasteiger partial charge is 0.366 e. The number of fused-ring (bicyclic) bond motifs is 1. The summed E-state index contributed by atoms with van der Waals surface area (Å²) in [6, 6.07) is 5.36. The van der Waals surface area contributed by atoms with Crippen molar-refractivity contribution in [1.29, 1.82) is 0 Å². The molecule has 16 heavy (non-hydrogen) atoms. The van der Waals surface area contributed by atoms with Crippen LogP contribution in [0.1, 0.15) is 21.5 Å². The van der Waals surface area contributed by atoms with Gasteiger partial charge < -0.3 is 10.6 Å². The zero-order valence-electron chi connectivity index (χ0n) is 8.77. The van der Waals surface area contributed by atoms with Crippen LogP contribution in [0, 0.1) is 0 Å². The van der Waals surface area contributed by atoms with Crippen molar-refractivity contribution >= 4 is 11.8 Å². The zero-order valence-corrected chi connectivity index (χ0v) is 8.77. The normalized spacial score (nSPS) is 13.4. The van der Waals surface area contributed by atoms with Gasteiger partial charge in [-0.25, -0.2) is 0 Å². The molecule has 0 aromatic heterocycles. The molecule has 0 bridgehead atoms. The average molecular weight is 216 g/mol. The summed E-state index contributed by atoms with van der Waals surface area (Å²) in [5.41, 5.74) is 7.61. The van der Waals surface area contributed by atoms with Crippen LogP contribution < -0.4 is 5.73 Å². The first kappa shape index (κ1) is 10.4. The molecule has 0 unspecified atom stereocenters. The Balaban J connectivity index is 2.37. The molecule has 0 fully saturated rings. The lowest BCUT2D eigenvalue weighted by atomic mass is 10.0. The van der Waals surface area contributed by atoms with Gasteiger partial charge >= 0.3 is 0 Å². The molecule has 82 valence electrons. The van der Waals surface area contributed by atoms with E-state index in [1.165, 1.54) is 6.08 Å². The van der Waals surface area contributed by atoms with Crippen molar-refractivity contribution in [3.05, 3.63) is 47.5 Å². The number of amides is 2. The van der Waals surface area contributed by atoms with Gasteiger partial charge in [0, 0.05) is 18.7 Å². The minimum Gasteiger partial charge on any atom is -0.366 e. The molecule has 0 spiro atoms. The molecule has 2 amide bonds. The SMILES string of the molecule is C=CC(=O)N1Cc2cccc(C(N)=O)c2C1. The lowest BCUT2D eigenvalue weighted by Gasteiger charge is -2.11. The van der Waals surface area contributed by atoms with Gasteiger partial charge in [0.15, 0.2) is 0 Å². The van der Waals surface area contributed by atoms with Crippen molar-refractivity contribution in [1.82, 2.24) is 4.90 Å². The Morgan fingerprint density at radius 3 is 2.75 bits per heavy atom. The summed E-state index contributed by atoms with van der Waals surface area (Å²) in [5.74, 6) is -0.587. The number of primary amides is 1. The summed E-state index contributed by atoms with van der Waals surface area (Å²) in [5, 5.41) is 0. The molecule has 0 saturated carbocycles. The van der Waals surface area contributed by atoms with Crippen molar-refractivity contribution in [2.45, 2.75) is 13.1 Å². The Bertz CT molecular complexity index is 480. The molecule has 2 N–H and O–H groups in total. The van der Waals surface area contributed by atoms with Gasteiger partial charge in [-0.2, -0.15) is 0 Å². The predicted molar refractivity (Wildman–Crippen MR) is 59.4 cm³/mol. The topological polar surface area (TPSA) is 63.4 Å². The highest BCUT2D eigenvalue weighted by Crippen LogP contribution is 2.25. The summed E-state index contributed by atoms with van der Waals surface area (Å²) in [4.78, 5) is 24.3. The van der Waals surface area contributed by atoms with Crippen LogP contribution in [0.25, 0.3) is 0 Å². The number of carbonyl (C=O) groups is 2. The van der Waals surface area contributed by atoms with Crippen molar-refractivity contribution in [3.63, 3.8) is 0 Å². The third kappa shape index (κ3) is 1.58. The van der Waals surface area contributed by atoms with Crippen LogP contribution in [0.2, 0.25) is 0 Å². The third-order valence-electron chi connectivity index (χ3n) is 2.73. The van der Waals surface area contributed by atoms with Crippen LogP contribution in [-0.2, 0) is 17.9 Å². The Labute approximate surface area is 93.3 Å².